The normalized spacial score (nSPS) is 10.6. The molecule has 0 aliphatic rings. The fourth-order valence-corrected chi connectivity index (χ4v) is 2.89. The molecule has 2 aromatic carbocycles. The number of aromatic nitrogens is 1. The Bertz CT molecular complexity index is 906. The lowest BCUT2D eigenvalue weighted by atomic mass is 10.0. The van der Waals surface area contributed by atoms with Crippen molar-refractivity contribution < 1.29 is 4.79 Å². The SMILES string of the molecule is CC(C)c1ccc(N(C=O)c2cccnc2NCc2cccc(N)c2)cc1. The number of benzene rings is 2. The van der Waals surface area contributed by atoms with Crippen LogP contribution in [0, 0.1) is 0 Å². The lowest BCUT2D eigenvalue weighted by molar-refractivity contribution is -0.106. The van der Waals surface area contributed by atoms with Crippen molar-refractivity contribution in [3.05, 3.63) is 78.0 Å². The van der Waals surface area contributed by atoms with Crippen LogP contribution in [0.15, 0.2) is 66.9 Å². The number of nitrogens with two attached hydrogens (primary N) is 1. The Morgan fingerprint density at radius 1 is 1.11 bits per heavy atom. The van der Waals surface area contributed by atoms with Crippen LogP contribution in [0.25, 0.3) is 0 Å². The largest absolute Gasteiger partial charge is 0.399 e. The molecule has 0 spiro atoms. The van der Waals surface area contributed by atoms with E-state index in [1.165, 1.54) is 5.56 Å². The molecule has 0 aliphatic carbocycles. The van der Waals surface area contributed by atoms with Gasteiger partial charge in [0, 0.05) is 24.1 Å². The second-order valence-electron chi connectivity index (χ2n) is 6.69. The molecule has 1 aromatic heterocycles. The van der Waals surface area contributed by atoms with E-state index in [2.05, 4.69) is 24.1 Å². The summed E-state index contributed by atoms with van der Waals surface area (Å²) in [5.74, 6) is 1.08. The molecule has 0 aliphatic heterocycles. The Morgan fingerprint density at radius 3 is 2.56 bits per heavy atom. The van der Waals surface area contributed by atoms with Gasteiger partial charge in [-0.1, -0.05) is 38.1 Å². The van der Waals surface area contributed by atoms with Crippen LogP contribution < -0.4 is 16.0 Å². The number of carbonyl (C=O) groups is 1. The minimum Gasteiger partial charge on any atom is -0.399 e. The van der Waals surface area contributed by atoms with Crippen LogP contribution in [-0.2, 0) is 11.3 Å². The first-order valence-corrected chi connectivity index (χ1v) is 8.96. The first kappa shape index (κ1) is 18.5. The average molecular weight is 360 g/mol. The van der Waals surface area contributed by atoms with Crippen LogP contribution in [0.1, 0.15) is 30.9 Å². The molecule has 0 fully saturated rings. The average Bonchev–Trinajstić information content (AvgIpc) is 2.68. The monoisotopic (exact) mass is 360 g/mol. The highest BCUT2D eigenvalue weighted by atomic mass is 16.1. The summed E-state index contributed by atoms with van der Waals surface area (Å²) in [7, 11) is 0. The molecular formula is C22H24N4O. The molecule has 138 valence electrons. The molecule has 1 heterocycles. The van der Waals surface area contributed by atoms with E-state index in [1.807, 2.05) is 60.7 Å². The Morgan fingerprint density at radius 2 is 1.89 bits per heavy atom. The lowest BCUT2D eigenvalue weighted by Gasteiger charge is -2.21. The molecular weight excluding hydrogens is 336 g/mol. The highest BCUT2D eigenvalue weighted by Gasteiger charge is 2.14. The maximum Gasteiger partial charge on any atom is 0.218 e. The van der Waals surface area contributed by atoms with Crippen LogP contribution in [-0.4, -0.2) is 11.4 Å². The predicted molar refractivity (Wildman–Crippen MR) is 111 cm³/mol. The summed E-state index contributed by atoms with van der Waals surface area (Å²) in [6.45, 7) is 4.85. The van der Waals surface area contributed by atoms with Crippen LogP contribution in [0.3, 0.4) is 0 Å². The molecule has 0 bridgehead atoms. The van der Waals surface area contributed by atoms with Gasteiger partial charge in [0.1, 0.15) is 0 Å². The van der Waals surface area contributed by atoms with E-state index in [0.29, 0.717) is 24.0 Å². The second-order valence-corrected chi connectivity index (χ2v) is 6.69. The van der Waals surface area contributed by atoms with Gasteiger partial charge in [0.2, 0.25) is 6.41 Å². The van der Waals surface area contributed by atoms with Gasteiger partial charge in [-0.25, -0.2) is 4.98 Å². The number of anilines is 4. The van der Waals surface area contributed by atoms with Crippen molar-refractivity contribution in [2.24, 2.45) is 0 Å². The number of nitrogens with zero attached hydrogens (tertiary/aromatic N) is 2. The van der Waals surface area contributed by atoms with Crippen molar-refractivity contribution in [1.29, 1.82) is 0 Å². The minimum absolute atomic E-state index is 0.442. The molecule has 3 aromatic rings. The number of amides is 1. The summed E-state index contributed by atoms with van der Waals surface area (Å²) in [5, 5.41) is 3.30. The number of nitrogens with one attached hydrogen (secondary N) is 1. The summed E-state index contributed by atoms with van der Waals surface area (Å²) in [5.41, 5.74) is 10.3. The highest BCUT2D eigenvalue weighted by molar-refractivity contribution is 5.90. The first-order chi connectivity index (χ1) is 13.1. The van der Waals surface area contributed by atoms with Gasteiger partial charge in [-0.3, -0.25) is 9.69 Å². The zero-order chi connectivity index (χ0) is 19.2. The fraction of sp³-hybridized carbons (Fsp3) is 0.182. The summed E-state index contributed by atoms with van der Waals surface area (Å²) >= 11 is 0. The van der Waals surface area contributed by atoms with Gasteiger partial charge in [-0.05, 0) is 53.4 Å². The molecule has 27 heavy (non-hydrogen) atoms. The molecule has 0 saturated carbocycles. The number of rotatable bonds is 7. The Balaban J connectivity index is 1.85. The quantitative estimate of drug-likeness (QED) is 0.473. The number of nitrogen functional groups attached to an aromatic ring is 1. The Hall–Kier alpha value is -3.34. The second kappa shape index (κ2) is 8.36. The zero-order valence-electron chi connectivity index (χ0n) is 15.6. The number of carbonyl (C=O) groups excluding carboxylic acids is 1. The van der Waals surface area contributed by atoms with Crippen molar-refractivity contribution >= 4 is 29.3 Å². The molecule has 3 N–H and O–H groups in total. The van der Waals surface area contributed by atoms with Crippen molar-refractivity contribution in [2.45, 2.75) is 26.3 Å². The molecule has 3 rings (SSSR count). The van der Waals surface area contributed by atoms with Crippen LogP contribution >= 0.6 is 0 Å². The van der Waals surface area contributed by atoms with E-state index in [9.17, 15) is 4.79 Å². The number of hydrogen-bond acceptors (Lipinski definition) is 4. The van der Waals surface area contributed by atoms with Crippen molar-refractivity contribution in [1.82, 2.24) is 4.98 Å². The maximum atomic E-state index is 11.8. The molecule has 0 radical (unpaired) electrons. The van der Waals surface area contributed by atoms with Crippen LogP contribution in [0.2, 0.25) is 0 Å². The highest BCUT2D eigenvalue weighted by Crippen LogP contribution is 2.30. The predicted octanol–water partition coefficient (Wildman–Crippen LogP) is 4.69. The van der Waals surface area contributed by atoms with Gasteiger partial charge in [0.05, 0.1) is 5.69 Å². The van der Waals surface area contributed by atoms with Crippen LogP contribution in [0.5, 0.6) is 0 Å². The first-order valence-electron chi connectivity index (χ1n) is 8.96. The maximum absolute atomic E-state index is 11.8. The van der Waals surface area contributed by atoms with Gasteiger partial charge in [0.15, 0.2) is 5.82 Å². The summed E-state index contributed by atoms with van der Waals surface area (Å²) in [4.78, 5) is 17.9. The fourth-order valence-electron chi connectivity index (χ4n) is 2.89. The summed E-state index contributed by atoms with van der Waals surface area (Å²) in [6, 6.07) is 19.4. The van der Waals surface area contributed by atoms with Crippen LogP contribution in [0.4, 0.5) is 22.9 Å². The van der Waals surface area contributed by atoms with E-state index in [4.69, 9.17) is 5.73 Å². The molecule has 5 heteroatoms. The van der Waals surface area contributed by atoms with Gasteiger partial charge in [-0.15, -0.1) is 0 Å². The van der Waals surface area contributed by atoms with E-state index >= 15 is 0 Å². The molecule has 0 unspecified atom stereocenters. The Kier molecular flexibility index (Phi) is 5.71. The number of hydrogen-bond donors (Lipinski definition) is 2. The topological polar surface area (TPSA) is 71.2 Å². The van der Waals surface area contributed by atoms with Crippen molar-refractivity contribution in [2.75, 3.05) is 16.0 Å². The Labute approximate surface area is 159 Å². The van der Waals surface area contributed by atoms with E-state index in [0.717, 1.165) is 23.3 Å². The summed E-state index contributed by atoms with van der Waals surface area (Å²) < 4.78 is 0. The van der Waals surface area contributed by atoms with Gasteiger partial charge >= 0.3 is 0 Å². The lowest BCUT2D eigenvalue weighted by Crippen LogP contribution is -2.17. The summed E-state index contributed by atoms with van der Waals surface area (Å²) in [6.07, 6.45) is 2.52. The third-order valence-electron chi connectivity index (χ3n) is 4.40. The van der Waals surface area contributed by atoms with E-state index < -0.39 is 0 Å². The third kappa shape index (κ3) is 4.44. The van der Waals surface area contributed by atoms with Crippen molar-refractivity contribution in [3.8, 4) is 0 Å². The van der Waals surface area contributed by atoms with E-state index in [-0.39, 0.29) is 0 Å². The molecule has 0 atom stereocenters. The minimum atomic E-state index is 0.442. The third-order valence-corrected chi connectivity index (χ3v) is 4.40. The smallest absolute Gasteiger partial charge is 0.218 e. The zero-order valence-corrected chi connectivity index (χ0v) is 15.6. The number of pyridine rings is 1. The molecule has 5 nitrogen and oxygen atoms in total. The van der Waals surface area contributed by atoms with Crippen molar-refractivity contribution in [3.63, 3.8) is 0 Å². The molecule has 1 amide bonds. The standard InChI is InChI=1S/C22H24N4O/c1-16(2)18-8-10-20(11-9-18)26(15-27)21-7-4-12-24-22(21)25-14-17-5-3-6-19(23)13-17/h3-13,15-16H,14,23H2,1-2H3,(H,24,25). The van der Waals surface area contributed by atoms with E-state index in [1.54, 1.807) is 11.1 Å². The molecule has 0 saturated heterocycles. The van der Waals surface area contributed by atoms with Gasteiger partial charge in [0.25, 0.3) is 0 Å². The van der Waals surface area contributed by atoms with Gasteiger partial charge < -0.3 is 11.1 Å². The van der Waals surface area contributed by atoms with Gasteiger partial charge in [-0.2, -0.15) is 0 Å².